The normalized spacial score (nSPS) is 13.4. The molecule has 0 aliphatic rings. The molecule has 1 atom stereocenters. The molecule has 0 spiro atoms. The van der Waals surface area contributed by atoms with Gasteiger partial charge in [0, 0.05) is 0 Å². The third-order valence-corrected chi connectivity index (χ3v) is 4.04. The predicted octanol–water partition coefficient (Wildman–Crippen LogP) is 2.96. The zero-order chi connectivity index (χ0) is 12.2. The number of nitrogens with one attached hydrogen (secondary N) is 1. The van der Waals surface area contributed by atoms with Gasteiger partial charge in [-0.1, -0.05) is 32.0 Å². The summed E-state index contributed by atoms with van der Waals surface area (Å²) in [5.41, 5.74) is 1.76. The Bertz CT molecular complexity index is 440. The van der Waals surface area contributed by atoms with E-state index in [0.717, 1.165) is 12.0 Å². The van der Waals surface area contributed by atoms with Gasteiger partial charge in [0.1, 0.15) is 0 Å². The van der Waals surface area contributed by atoms with E-state index in [1.165, 1.54) is 0 Å². The lowest BCUT2D eigenvalue weighted by atomic mass is 9.97. The van der Waals surface area contributed by atoms with Crippen molar-refractivity contribution in [2.24, 2.45) is 0 Å². The first kappa shape index (κ1) is 13.0. The molecule has 0 saturated carbocycles. The van der Waals surface area contributed by atoms with Gasteiger partial charge in [0.2, 0.25) is 10.0 Å². The molecule has 0 fully saturated rings. The molecule has 0 aromatic heterocycles. The van der Waals surface area contributed by atoms with E-state index < -0.39 is 10.0 Å². The summed E-state index contributed by atoms with van der Waals surface area (Å²) in [6.45, 7) is 5.82. The van der Waals surface area contributed by atoms with E-state index in [9.17, 15) is 8.42 Å². The van der Waals surface area contributed by atoms with Crippen molar-refractivity contribution in [2.75, 3.05) is 10.5 Å². The van der Waals surface area contributed by atoms with Gasteiger partial charge in [-0.3, -0.25) is 4.72 Å². The highest BCUT2D eigenvalue weighted by Crippen LogP contribution is 2.27. The van der Waals surface area contributed by atoms with Crippen molar-refractivity contribution in [3.63, 3.8) is 0 Å². The summed E-state index contributed by atoms with van der Waals surface area (Å²) >= 11 is 0. The molecule has 0 bridgehead atoms. The molecule has 0 unspecified atom stereocenters. The lowest BCUT2D eigenvalue weighted by Crippen LogP contribution is -2.16. The van der Waals surface area contributed by atoms with Gasteiger partial charge in [0.25, 0.3) is 0 Å². The lowest BCUT2D eigenvalue weighted by Gasteiger charge is -2.15. The summed E-state index contributed by atoms with van der Waals surface area (Å²) in [6.07, 6.45) is 0.991. The van der Waals surface area contributed by atoms with Crippen LogP contribution in [-0.4, -0.2) is 14.2 Å². The summed E-state index contributed by atoms with van der Waals surface area (Å²) in [6, 6.07) is 7.57. The monoisotopic (exact) mass is 241 g/mol. The Balaban J connectivity index is 3.05. The van der Waals surface area contributed by atoms with Gasteiger partial charge < -0.3 is 0 Å². The smallest absolute Gasteiger partial charge is 0.232 e. The van der Waals surface area contributed by atoms with Crippen LogP contribution in [-0.2, 0) is 10.0 Å². The minimum absolute atomic E-state index is 0.0990. The predicted molar refractivity (Wildman–Crippen MR) is 68.2 cm³/mol. The van der Waals surface area contributed by atoms with Crippen molar-refractivity contribution in [1.82, 2.24) is 0 Å². The molecule has 0 aliphatic heterocycles. The van der Waals surface area contributed by atoms with E-state index in [1.54, 1.807) is 6.92 Å². The van der Waals surface area contributed by atoms with Gasteiger partial charge in [-0.05, 0) is 30.9 Å². The molecule has 90 valence electrons. The van der Waals surface area contributed by atoms with Crippen molar-refractivity contribution in [3.8, 4) is 0 Å². The first-order valence-electron chi connectivity index (χ1n) is 5.59. The van der Waals surface area contributed by atoms with Gasteiger partial charge >= 0.3 is 0 Å². The van der Waals surface area contributed by atoms with Crippen molar-refractivity contribution in [1.29, 1.82) is 0 Å². The first-order valence-corrected chi connectivity index (χ1v) is 7.24. The standard InChI is InChI=1S/C12H19NO2S/c1-4-10(3)11-8-6-7-9-12(11)13-16(14,15)5-2/h6-10,13H,4-5H2,1-3H3/t10-/m0/s1. The van der Waals surface area contributed by atoms with Crippen LogP contribution < -0.4 is 4.72 Å². The fourth-order valence-electron chi connectivity index (χ4n) is 1.48. The number of hydrogen-bond acceptors (Lipinski definition) is 2. The molecular formula is C12H19NO2S. The average Bonchev–Trinajstić information content (AvgIpc) is 2.28. The van der Waals surface area contributed by atoms with Crippen LogP contribution in [0.15, 0.2) is 24.3 Å². The van der Waals surface area contributed by atoms with Gasteiger partial charge in [0.05, 0.1) is 11.4 Å². The molecule has 0 radical (unpaired) electrons. The number of para-hydroxylation sites is 1. The maximum atomic E-state index is 11.5. The lowest BCUT2D eigenvalue weighted by molar-refractivity contribution is 0.602. The molecule has 1 rings (SSSR count). The Morgan fingerprint density at radius 3 is 2.44 bits per heavy atom. The quantitative estimate of drug-likeness (QED) is 0.861. The molecule has 1 aromatic carbocycles. The first-order chi connectivity index (χ1) is 7.50. The molecule has 1 N–H and O–H groups in total. The maximum absolute atomic E-state index is 11.5. The third-order valence-electron chi connectivity index (χ3n) is 2.75. The van der Waals surface area contributed by atoms with Gasteiger partial charge in [-0.2, -0.15) is 0 Å². The zero-order valence-electron chi connectivity index (χ0n) is 10.0. The highest BCUT2D eigenvalue weighted by molar-refractivity contribution is 7.92. The number of benzene rings is 1. The van der Waals surface area contributed by atoms with Crippen molar-refractivity contribution in [3.05, 3.63) is 29.8 Å². The molecule has 0 aliphatic carbocycles. The van der Waals surface area contributed by atoms with E-state index in [-0.39, 0.29) is 5.75 Å². The molecule has 4 heteroatoms. The average molecular weight is 241 g/mol. The van der Waals surface area contributed by atoms with Crippen LogP contribution in [0.1, 0.15) is 38.7 Å². The van der Waals surface area contributed by atoms with Crippen LogP contribution in [0.25, 0.3) is 0 Å². The summed E-state index contributed by atoms with van der Waals surface area (Å²) in [5.74, 6) is 0.456. The summed E-state index contributed by atoms with van der Waals surface area (Å²) in [4.78, 5) is 0. The summed E-state index contributed by atoms with van der Waals surface area (Å²) in [7, 11) is -3.19. The van der Waals surface area contributed by atoms with E-state index >= 15 is 0 Å². The Labute approximate surface area is 97.9 Å². The minimum Gasteiger partial charge on any atom is -0.283 e. The fraction of sp³-hybridized carbons (Fsp3) is 0.500. The SMILES string of the molecule is CC[C@H](C)c1ccccc1NS(=O)(=O)CC. The molecule has 3 nitrogen and oxygen atoms in total. The summed E-state index contributed by atoms with van der Waals surface area (Å²) < 4.78 is 25.7. The van der Waals surface area contributed by atoms with E-state index in [0.29, 0.717) is 11.6 Å². The number of anilines is 1. The van der Waals surface area contributed by atoms with Crippen molar-refractivity contribution >= 4 is 15.7 Å². The topological polar surface area (TPSA) is 46.2 Å². The van der Waals surface area contributed by atoms with Crippen LogP contribution in [0.4, 0.5) is 5.69 Å². The Hall–Kier alpha value is -1.03. The molecule has 0 saturated heterocycles. The molecular weight excluding hydrogens is 222 g/mol. The minimum atomic E-state index is -3.19. The Morgan fingerprint density at radius 2 is 1.88 bits per heavy atom. The van der Waals surface area contributed by atoms with E-state index in [1.807, 2.05) is 24.3 Å². The van der Waals surface area contributed by atoms with E-state index in [4.69, 9.17) is 0 Å². The largest absolute Gasteiger partial charge is 0.283 e. The Kier molecular flexibility index (Phi) is 4.35. The van der Waals surface area contributed by atoms with Gasteiger partial charge in [-0.25, -0.2) is 8.42 Å². The molecule has 16 heavy (non-hydrogen) atoms. The van der Waals surface area contributed by atoms with Crippen LogP contribution >= 0.6 is 0 Å². The second kappa shape index (κ2) is 5.34. The van der Waals surface area contributed by atoms with Gasteiger partial charge in [0.15, 0.2) is 0 Å². The van der Waals surface area contributed by atoms with Crippen LogP contribution in [0.5, 0.6) is 0 Å². The second-order valence-electron chi connectivity index (χ2n) is 3.90. The van der Waals surface area contributed by atoms with E-state index in [2.05, 4.69) is 18.6 Å². The number of rotatable bonds is 5. The Morgan fingerprint density at radius 1 is 1.25 bits per heavy atom. The maximum Gasteiger partial charge on any atom is 0.232 e. The third kappa shape index (κ3) is 3.23. The van der Waals surface area contributed by atoms with Crippen molar-refractivity contribution in [2.45, 2.75) is 33.1 Å². The summed E-state index contributed by atoms with van der Waals surface area (Å²) in [5, 5.41) is 0. The van der Waals surface area contributed by atoms with Crippen molar-refractivity contribution < 1.29 is 8.42 Å². The highest BCUT2D eigenvalue weighted by Gasteiger charge is 2.12. The van der Waals surface area contributed by atoms with Crippen LogP contribution in [0.2, 0.25) is 0 Å². The molecule has 0 amide bonds. The number of hydrogen-bond donors (Lipinski definition) is 1. The molecule has 1 aromatic rings. The van der Waals surface area contributed by atoms with Crippen LogP contribution in [0.3, 0.4) is 0 Å². The zero-order valence-corrected chi connectivity index (χ0v) is 10.8. The number of sulfonamides is 1. The highest BCUT2D eigenvalue weighted by atomic mass is 32.2. The second-order valence-corrected chi connectivity index (χ2v) is 5.91. The molecule has 0 heterocycles. The van der Waals surface area contributed by atoms with Crippen LogP contribution in [0, 0.1) is 0 Å². The fourth-order valence-corrected chi connectivity index (χ4v) is 2.14. The van der Waals surface area contributed by atoms with Gasteiger partial charge in [-0.15, -0.1) is 0 Å².